The molecule has 0 fully saturated rings. The summed E-state index contributed by atoms with van der Waals surface area (Å²) in [5, 5.41) is 9.11. The van der Waals surface area contributed by atoms with Crippen LogP contribution in [0.4, 0.5) is 0 Å². The molecule has 1 aromatic heterocycles. The number of pyridine rings is 1. The van der Waals surface area contributed by atoms with E-state index in [4.69, 9.17) is 14.6 Å². The Kier molecular flexibility index (Phi) is 8.41. The Morgan fingerprint density at radius 2 is 1.96 bits per heavy atom. The lowest BCUT2D eigenvalue weighted by atomic mass is 10.1. The van der Waals surface area contributed by atoms with E-state index >= 15 is 0 Å². The Morgan fingerprint density at radius 3 is 2.54 bits per heavy atom. The molecule has 6 nitrogen and oxygen atoms in total. The maximum Gasteiger partial charge on any atom is 0.357 e. The molecule has 1 heterocycles. The van der Waals surface area contributed by atoms with Gasteiger partial charge in [-0.05, 0) is 39.9 Å². The highest BCUT2D eigenvalue weighted by Gasteiger charge is 2.18. The zero-order chi connectivity index (χ0) is 18.2. The SMILES string of the molecule is CCOC(=O)c1cc(OCCCC(C)(C)SSC)cc(C(=O)O)n1. The highest BCUT2D eigenvalue weighted by Crippen LogP contribution is 2.36. The van der Waals surface area contributed by atoms with E-state index in [0.717, 1.165) is 12.8 Å². The third kappa shape index (κ3) is 7.00. The molecule has 134 valence electrons. The molecule has 8 heteroatoms. The second kappa shape index (κ2) is 9.78. The first kappa shape index (κ1) is 20.6. The summed E-state index contributed by atoms with van der Waals surface area (Å²) < 4.78 is 10.6. The molecule has 0 saturated heterocycles. The van der Waals surface area contributed by atoms with E-state index < -0.39 is 11.9 Å². The van der Waals surface area contributed by atoms with Gasteiger partial charge in [-0.2, -0.15) is 0 Å². The minimum atomic E-state index is -1.22. The van der Waals surface area contributed by atoms with Crippen LogP contribution in [-0.2, 0) is 4.74 Å². The predicted octanol–water partition coefficient (Wildman–Crippen LogP) is 3.91. The van der Waals surface area contributed by atoms with Crippen LogP contribution in [0.1, 0.15) is 54.6 Å². The third-order valence-corrected chi connectivity index (χ3v) is 5.68. The number of aromatic carboxylic acids is 1. The number of nitrogens with zero attached hydrogens (tertiary/aromatic N) is 1. The van der Waals surface area contributed by atoms with Gasteiger partial charge in [0.1, 0.15) is 5.75 Å². The molecule has 0 saturated carbocycles. The van der Waals surface area contributed by atoms with Crippen molar-refractivity contribution in [1.82, 2.24) is 4.98 Å². The number of ether oxygens (including phenoxy) is 2. The standard InChI is InChI=1S/C16H23NO5S2/c1-5-21-15(20)13-10-11(9-12(17-13)14(18)19)22-8-6-7-16(2,3)24-23-4/h9-10H,5-8H2,1-4H3,(H,18,19). The molecule has 24 heavy (non-hydrogen) atoms. The number of carbonyl (C=O) groups is 2. The number of aromatic nitrogens is 1. The molecule has 1 aromatic rings. The molecule has 0 unspecified atom stereocenters. The fraction of sp³-hybridized carbons (Fsp3) is 0.562. The summed E-state index contributed by atoms with van der Waals surface area (Å²) in [4.78, 5) is 26.7. The summed E-state index contributed by atoms with van der Waals surface area (Å²) in [6.45, 7) is 6.63. The van der Waals surface area contributed by atoms with Crippen LogP contribution >= 0.6 is 21.6 Å². The van der Waals surface area contributed by atoms with Gasteiger partial charge in [0.15, 0.2) is 11.4 Å². The number of hydrogen-bond acceptors (Lipinski definition) is 7. The number of carbonyl (C=O) groups excluding carboxylic acids is 1. The lowest BCUT2D eigenvalue weighted by molar-refractivity contribution is 0.0518. The van der Waals surface area contributed by atoms with E-state index in [-0.39, 0.29) is 22.7 Å². The van der Waals surface area contributed by atoms with Gasteiger partial charge in [0.2, 0.25) is 0 Å². The smallest absolute Gasteiger partial charge is 0.357 e. The molecule has 0 atom stereocenters. The van der Waals surface area contributed by atoms with Gasteiger partial charge in [-0.25, -0.2) is 14.6 Å². The Morgan fingerprint density at radius 1 is 1.29 bits per heavy atom. The van der Waals surface area contributed by atoms with Crippen molar-refractivity contribution < 1.29 is 24.2 Å². The average molecular weight is 373 g/mol. The van der Waals surface area contributed by atoms with Crippen molar-refractivity contribution in [2.45, 2.75) is 38.4 Å². The summed E-state index contributed by atoms with van der Waals surface area (Å²) in [5.74, 6) is -1.58. The van der Waals surface area contributed by atoms with Crippen LogP contribution in [0.3, 0.4) is 0 Å². The third-order valence-electron chi connectivity index (χ3n) is 3.00. The van der Waals surface area contributed by atoms with E-state index in [1.807, 2.05) is 17.0 Å². The maximum atomic E-state index is 11.8. The van der Waals surface area contributed by atoms with Crippen molar-refractivity contribution in [3.05, 3.63) is 23.5 Å². The molecular formula is C16H23NO5S2. The summed E-state index contributed by atoms with van der Waals surface area (Å²) in [7, 11) is 3.54. The number of hydrogen-bond donors (Lipinski definition) is 1. The molecule has 0 aliphatic carbocycles. The summed E-state index contributed by atoms with van der Waals surface area (Å²) in [6, 6.07) is 2.72. The van der Waals surface area contributed by atoms with Crippen molar-refractivity contribution in [2.24, 2.45) is 0 Å². The second-order valence-electron chi connectivity index (χ2n) is 5.56. The van der Waals surface area contributed by atoms with Gasteiger partial charge in [0.25, 0.3) is 0 Å². The van der Waals surface area contributed by atoms with Crippen LogP contribution in [0, 0.1) is 0 Å². The van der Waals surface area contributed by atoms with Gasteiger partial charge in [-0.1, -0.05) is 21.6 Å². The lowest BCUT2D eigenvalue weighted by Gasteiger charge is -2.22. The quantitative estimate of drug-likeness (QED) is 0.375. The maximum absolute atomic E-state index is 11.8. The molecule has 1 rings (SSSR count). The van der Waals surface area contributed by atoms with Crippen molar-refractivity contribution in [3.63, 3.8) is 0 Å². The summed E-state index contributed by atoms with van der Waals surface area (Å²) in [5.41, 5.74) is -0.307. The van der Waals surface area contributed by atoms with Crippen molar-refractivity contribution in [2.75, 3.05) is 19.5 Å². The van der Waals surface area contributed by atoms with Gasteiger partial charge in [-0.3, -0.25) is 0 Å². The van der Waals surface area contributed by atoms with Crippen molar-refractivity contribution in [1.29, 1.82) is 0 Å². The Bertz CT molecular complexity index is 578. The van der Waals surface area contributed by atoms with Gasteiger partial charge in [0.05, 0.1) is 13.2 Å². The number of carboxylic acids is 1. The minimum Gasteiger partial charge on any atom is -0.493 e. The Balaban J connectivity index is 2.73. The van der Waals surface area contributed by atoms with Crippen molar-refractivity contribution >= 4 is 33.5 Å². The zero-order valence-corrected chi connectivity index (χ0v) is 16.0. The lowest BCUT2D eigenvalue weighted by Crippen LogP contribution is -2.15. The molecule has 0 aliphatic heterocycles. The van der Waals surface area contributed by atoms with Crippen molar-refractivity contribution in [3.8, 4) is 5.75 Å². The first-order chi connectivity index (χ1) is 11.3. The fourth-order valence-corrected chi connectivity index (χ4v) is 4.25. The first-order valence-corrected chi connectivity index (χ1v) is 10.1. The molecule has 0 amide bonds. The van der Waals surface area contributed by atoms with E-state index in [1.54, 1.807) is 17.7 Å². The molecule has 0 spiro atoms. The fourth-order valence-electron chi connectivity index (χ4n) is 1.96. The van der Waals surface area contributed by atoms with E-state index in [0.29, 0.717) is 12.4 Å². The average Bonchev–Trinajstić information content (AvgIpc) is 2.51. The van der Waals surface area contributed by atoms with Crippen LogP contribution in [0.2, 0.25) is 0 Å². The van der Waals surface area contributed by atoms with E-state index in [1.165, 1.54) is 12.1 Å². The van der Waals surface area contributed by atoms with Crippen LogP contribution in [0.15, 0.2) is 12.1 Å². The van der Waals surface area contributed by atoms with Gasteiger partial charge in [0, 0.05) is 16.9 Å². The Hall–Kier alpha value is -1.41. The molecular weight excluding hydrogens is 350 g/mol. The number of carboxylic acid groups (broad SMARTS) is 1. The van der Waals surface area contributed by atoms with Crippen LogP contribution in [-0.4, -0.2) is 46.2 Å². The molecule has 0 radical (unpaired) electrons. The summed E-state index contributed by atoms with van der Waals surface area (Å²) >= 11 is 0. The second-order valence-corrected chi connectivity index (χ2v) is 8.67. The first-order valence-electron chi connectivity index (χ1n) is 7.56. The minimum absolute atomic E-state index is 0.0648. The van der Waals surface area contributed by atoms with Gasteiger partial charge < -0.3 is 14.6 Å². The monoisotopic (exact) mass is 373 g/mol. The van der Waals surface area contributed by atoms with E-state index in [2.05, 4.69) is 18.8 Å². The number of rotatable bonds is 10. The largest absolute Gasteiger partial charge is 0.493 e. The molecule has 0 aromatic carbocycles. The summed E-state index contributed by atoms with van der Waals surface area (Å²) in [6.07, 6.45) is 3.82. The van der Waals surface area contributed by atoms with Gasteiger partial charge >= 0.3 is 11.9 Å². The molecule has 0 aliphatic rings. The number of esters is 1. The highest BCUT2D eigenvalue weighted by atomic mass is 33.1. The Labute approximate surface area is 150 Å². The zero-order valence-electron chi connectivity index (χ0n) is 14.3. The normalized spacial score (nSPS) is 11.2. The molecule has 1 N–H and O–H groups in total. The highest BCUT2D eigenvalue weighted by molar-refractivity contribution is 8.76. The topological polar surface area (TPSA) is 85.7 Å². The van der Waals surface area contributed by atoms with Gasteiger partial charge in [-0.15, -0.1) is 0 Å². The predicted molar refractivity (Wildman–Crippen MR) is 97.1 cm³/mol. The van der Waals surface area contributed by atoms with Crippen LogP contribution in [0.5, 0.6) is 5.75 Å². The molecule has 0 bridgehead atoms. The van der Waals surface area contributed by atoms with Crippen LogP contribution in [0.25, 0.3) is 0 Å². The van der Waals surface area contributed by atoms with E-state index in [9.17, 15) is 9.59 Å². The van der Waals surface area contributed by atoms with Crippen LogP contribution < -0.4 is 4.74 Å².